The molecule has 3 nitrogen and oxygen atoms in total. The maximum absolute atomic E-state index is 14.1. The molecule has 0 bridgehead atoms. The quantitative estimate of drug-likeness (QED) is 0.931. The number of benzene rings is 2. The second-order valence-electron chi connectivity index (χ2n) is 4.49. The summed E-state index contributed by atoms with van der Waals surface area (Å²) in [5, 5.41) is 10.4. The number of hydrogen-bond donors (Lipinski definition) is 1. The molecule has 1 atom stereocenters. The average molecular weight is 276 g/mol. The molecule has 0 fully saturated rings. The fraction of sp³-hybridized carbons (Fsp3) is 0.250. The minimum atomic E-state index is -1.09. The molecule has 1 unspecified atom stereocenters. The smallest absolute Gasteiger partial charge is 0.132 e. The van der Waals surface area contributed by atoms with Crippen LogP contribution in [0, 0.1) is 12.7 Å². The van der Waals surface area contributed by atoms with Crippen molar-refractivity contribution in [2.75, 3.05) is 14.2 Å². The second kappa shape index (κ2) is 5.92. The van der Waals surface area contributed by atoms with Gasteiger partial charge >= 0.3 is 0 Å². The van der Waals surface area contributed by atoms with E-state index in [1.54, 1.807) is 50.4 Å². The Hall–Kier alpha value is -2.07. The van der Waals surface area contributed by atoms with Gasteiger partial charge in [0, 0.05) is 17.2 Å². The maximum Gasteiger partial charge on any atom is 0.132 e. The highest BCUT2D eigenvalue weighted by atomic mass is 19.1. The number of halogens is 1. The molecule has 0 aliphatic rings. The molecule has 2 aromatic rings. The Balaban J connectivity index is 2.47. The predicted molar refractivity (Wildman–Crippen MR) is 74.7 cm³/mol. The van der Waals surface area contributed by atoms with Crippen molar-refractivity contribution in [3.8, 4) is 11.5 Å². The molecule has 1 N–H and O–H groups in total. The Morgan fingerprint density at radius 2 is 1.80 bits per heavy atom. The standard InChI is InChI=1S/C16H17FO3/c1-10-5-4-6-13(15(10)17)16(18)12-8-7-11(19-2)9-14(12)20-3/h4-9,16,18H,1-3H3. The number of aliphatic hydroxyl groups is 1. The first-order chi connectivity index (χ1) is 9.58. The van der Waals surface area contributed by atoms with E-state index in [0.717, 1.165) is 0 Å². The first-order valence-electron chi connectivity index (χ1n) is 6.23. The Kier molecular flexibility index (Phi) is 4.25. The molecule has 4 heteroatoms. The van der Waals surface area contributed by atoms with Crippen molar-refractivity contribution >= 4 is 0 Å². The Morgan fingerprint density at radius 3 is 2.45 bits per heavy atom. The zero-order valence-electron chi connectivity index (χ0n) is 11.7. The Bertz CT molecular complexity index is 611. The largest absolute Gasteiger partial charge is 0.497 e. The van der Waals surface area contributed by atoms with E-state index in [1.165, 1.54) is 7.11 Å². The van der Waals surface area contributed by atoms with Crippen molar-refractivity contribution < 1.29 is 19.0 Å². The van der Waals surface area contributed by atoms with E-state index in [4.69, 9.17) is 9.47 Å². The van der Waals surface area contributed by atoms with Crippen LogP contribution in [0.1, 0.15) is 22.8 Å². The average Bonchev–Trinajstić information content (AvgIpc) is 2.48. The van der Waals surface area contributed by atoms with Crippen LogP contribution in [0.5, 0.6) is 11.5 Å². The topological polar surface area (TPSA) is 38.7 Å². The van der Waals surface area contributed by atoms with Crippen molar-refractivity contribution in [1.82, 2.24) is 0 Å². The van der Waals surface area contributed by atoms with Gasteiger partial charge in [0.2, 0.25) is 0 Å². The number of hydrogen-bond acceptors (Lipinski definition) is 3. The van der Waals surface area contributed by atoms with Gasteiger partial charge in [0.25, 0.3) is 0 Å². The summed E-state index contributed by atoms with van der Waals surface area (Å²) in [6.07, 6.45) is -1.09. The van der Waals surface area contributed by atoms with E-state index in [2.05, 4.69) is 0 Å². The van der Waals surface area contributed by atoms with Crippen molar-refractivity contribution in [2.45, 2.75) is 13.0 Å². The van der Waals surface area contributed by atoms with Gasteiger partial charge in [0.15, 0.2) is 0 Å². The lowest BCUT2D eigenvalue weighted by molar-refractivity contribution is 0.209. The molecule has 0 aliphatic carbocycles. The summed E-state index contributed by atoms with van der Waals surface area (Å²) < 4.78 is 24.4. The fourth-order valence-electron chi connectivity index (χ4n) is 2.09. The number of methoxy groups -OCH3 is 2. The van der Waals surface area contributed by atoms with Gasteiger partial charge in [-0.1, -0.05) is 18.2 Å². The summed E-state index contributed by atoms with van der Waals surface area (Å²) in [5.41, 5.74) is 1.22. The number of ether oxygens (including phenoxy) is 2. The lowest BCUT2D eigenvalue weighted by Gasteiger charge is -2.17. The third kappa shape index (κ3) is 2.60. The molecule has 0 aromatic heterocycles. The van der Waals surface area contributed by atoms with E-state index >= 15 is 0 Å². The van der Waals surface area contributed by atoms with Crippen LogP contribution in [-0.2, 0) is 0 Å². The lowest BCUT2D eigenvalue weighted by atomic mass is 9.98. The Labute approximate surface area is 117 Å². The minimum Gasteiger partial charge on any atom is -0.497 e. The molecule has 0 aliphatic heterocycles. The van der Waals surface area contributed by atoms with Crippen LogP contribution in [0.2, 0.25) is 0 Å². The third-order valence-corrected chi connectivity index (χ3v) is 3.25. The summed E-state index contributed by atoms with van der Waals surface area (Å²) in [6.45, 7) is 1.66. The maximum atomic E-state index is 14.1. The number of aliphatic hydroxyl groups excluding tert-OH is 1. The molecular weight excluding hydrogens is 259 g/mol. The second-order valence-corrected chi connectivity index (χ2v) is 4.49. The summed E-state index contributed by atoms with van der Waals surface area (Å²) in [6, 6.07) is 9.98. The SMILES string of the molecule is COc1ccc(C(O)c2cccc(C)c2F)c(OC)c1. The first kappa shape index (κ1) is 14.3. The molecule has 0 amide bonds. The first-order valence-corrected chi connectivity index (χ1v) is 6.23. The van der Waals surface area contributed by atoms with Gasteiger partial charge in [0.1, 0.15) is 23.4 Å². The number of rotatable bonds is 4. The molecule has 0 spiro atoms. The molecule has 0 saturated heterocycles. The van der Waals surface area contributed by atoms with E-state index in [0.29, 0.717) is 22.6 Å². The zero-order valence-corrected chi connectivity index (χ0v) is 11.7. The van der Waals surface area contributed by atoms with Gasteiger partial charge in [-0.05, 0) is 24.6 Å². The van der Waals surface area contributed by atoms with Crippen LogP contribution in [-0.4, -0.2) is 19.3 Å². The monoisotopic (exact) mass is 276 g/mol. The van der Waals surface area contributed by atoms with Crippen molar-refractivity contribution in [2.24, 2.45) is 0 Å². The van der Waals surface area contributed by atoms with Gasteiger partial charge in [-0.3, -0.25) is 0 Å². The predicted octanol–water partition coefficient (Wildman–Crippen LogP) is 3.23. The summed E-state index contributed by atoms with van der Waals surface area (Å²) in [5.74, 6) is 0.665. The molecular formula is C16H17FO3. The van der Waals surface area contributed by atoms with E-state index in [-0.39, 0.29) is 5.56 Å². The summed E-state index contributed by atoms with van der Waals surface area (Å²) in [7, 11) is 3.04. The molecule has 0 heterocycles. The van der Waals surface area contributed by atoms with Gasteiger partial charge in [-0.25, -0.2) is 4.39 Å². The van der Waals surface area contributed by atoms with E-state index in [1.807, 2.05) is 0 Å². The minimum absolute atomic E-state index is 0.230. The van der Waals surface area contributed by atoms with E-state index < -0.39 is 11.9 Å². The van der Waals surface area contributed by atoms with Gasteiger partial charge in [-0.15, -0.1) is 0 Å². The van der Waals surface area contributed by atoms with Crippen molar-refractivity contribution in [1.29, 1.82) is 0 Å². The van der Waals surface area contributed by atoms with Gasteiger partial charge < -0.3 is 14.6 Å². The highest BCUT2D eigenvalue weighted by molar-refractivity contribution is 5.45. The van der Waals surface area contributed by atoms with Crippen molar-refractivity contribution in [3.63, 3.8) is 0 Å². The normalized spacial score (nSPS) is 12.1. The molecule has 0 saturated carbocycles. The van der Waals surface area contributed by atoms with Crippen LogP contribution in [0.25, 0.3) is 0 Å². The van der Waals surface area contributed by atoms with Crippen molar-refractivity contribution in [3.05, 3.63) is 58.9 Å². The van der Waals surface area contributed by atoms with Crippen LogP contribution in [0.4, 0.5) is 4.39 Å². The Morgan fingerprint density at radius 1 is 1.05 bits per heavy atom. The third-order valence-electron chi connectivity index (χ3n) is 3.25. The molecule has 2 aromatic carbocycles. The highest BCUT2D eigenvalue weighted by Gasteiger charge is 2.20. The molecule has 106 valence electrons. The zero-order chi connectivity index (χ0) is 14.7. The van der Waals surface area contributed by atoms with E-state index in [9.17, 15) is 9.50 Å². The van der Waals surface area contributed by atoms with Gasteiger partial charge in [0.05, 0.1) is 14.2 Å². The number of aryl methyl sites for hydroxylation is 1. The molecule has 0 radical (unpaired) electrons. The summed E-state index contributed by atoms with van der Waals surface area (Å²) in [4.78, 5) is 0. The van der Waals surface area contributed by atoms with Crippen LogP contribution in [0.15, 0.2) is 36.4 Å². The lowest BCUT2D eigenvalue weighted by Crippen LogP contribution is -2.06. The summed E-state index contributed by atoms with van der Waals surface area (Å²) >= 11 is 0. The fourth-order valence-corrected chi connectivity index (χ4v) is 2.09. The van der Waals surface area contributed by atoms with Gasteiger partial charge in [-0.2, -0.15) is 0 Å². The van der Waals surface area contributed by atoms with Crippen LogP contribution < -0.4 is 9.47 Å². The highest BCUT2D eigenvalue weighted by Crippen LogP contribution is 2.34. The molecule has 2 rings (SSSR count). The van der Waals surface area contributed by atoms with Crippen LogP contribution >= 0.6 is 0 Å². The van der Waals surface area contributed by atoms with Crippen LogP contribution in [0.3, 0.4) is 0 Å². The molecule has 20 heavy (non-hydrogen) atoms.